The Morgan fingerprint density at radius 3 is 2.78 bits per heavy atom. The summed E-state index contributed by atoms with van der Waals surface area (Å²) in [4.78, 5) is 4.08. The number of hydrogen-bond acceptors (Lipinski definition) is 3. The molecule has 0 radical (unpaired) electrons. The van der Waals surface area contributed by atoms with Crippen LogP contribution in [0.3, 0.4) is 0 Å². The molecule has 0 atom stereocenters. The van der Waals surface area contributed by atoms with Crippen molar-refractivity contribution >= 4 is 16.7 Å². The molecule has 0 aliphatic heterocycles. The number of nitrogen functional groups attached to an aromatic ring is 1. The molecule has 94 valence electrons. The van der Waals surface area contributed by atoms with E-state index in [1.165, 1.54) is 6.07 Å². The molecule has 0 spiro atoms. The highest BCUT2D eigenvalue weighted by Crippen LogP contribution is 2.21. The van der Waals surface area contributed by atoms with Crippen molar-refractivity contribution in [3.05, 3.63) is 35.9 Å². The average Bonchev–Trinajstić information content (AvgIpc) is 2.35. The van der Waals surface area contributed by atoms with E-state index in [1.54, 1.807) is 24.3 Å². The molecular formula is C12H11F2N3O. The van der Waals surface area contributed by atoms with Crippen molar-refractivity contribution in [2.45, 2.75) is 6.43 Å². The Morgan fingerprint density at radius 2 is 2.11 bits per heavy atom. The Balaban J connectivity index is 2.47. The van der Waals surface area contributed by atoms with E-state index in [4.69, 9.17) is 15.9 Å². The Bertz CT molecular complexity index is 587. The first kappa shape index (κ1) is 12.2. The largest absolute Gasteiger partial charge is 0.472 e. The molecule has 2 aromatic rings. The van der Waals surface area contributed by atoms with Crippen molar-refractivity contribution < 1.29 is 13.5 Å². The van der Waals surface area contributed by atoms with Crippen molar-refractivity contribution in [1.29, 1.82) is 5.41 Å². The second kappa shape index (κ2) is 4.95. The molecule has 0 bridgehead atoms. The number of rotatable bonds is 4. The first-order valence-corrected chi connectivity index (χ1v) is 5.23. The van der Waals surface area contributed by atoms with E-state index < -0.39 is 13.0 Å². The van der Waals surface area contributed by atoms with Gasteiger partial charge in [0.25, 0.3) is 6.43 Å². The fourth-order valence-electron chi connectivity index (χ4n) is 1.60. The molecule has 1 aromatic carbocycles. The van der Waals surface area contributed by atoms with Crippen LogP contribution >= 0.6 is 0 Å². The van der Waals surface area contributed by atoms with Gasteiger partial charge in [0.2, 0.25) is 5.88 Å². The van der Waals surface area contributed by atoms with Crippen molar-refractivity contribution in [1.82, 2.24) is 4.98 Å². The van der Waals surface area contributed by atoms with Crippen LogP contribution in [0.2, 0.25) is 0 Å². The van der Waals surface area contributed by atoms with E-state index in [1.807, 2.05) is 0 Å². The van der Waals surface area contributed by atoms with Gasteiger partial charge in [0.1, 0.15) is 5.84 Å². The summed E-state index contributed by atoms with van der Waals surface area (Å²) in [6.45, 7) is -0.733. The summed E-state index contributed by atoms with van der Waals surface area (Å²) in [5, 5.41) is 8.17. The predicted molar refractivity (Wildman–Crippen MR) is 64.3 cm³/mol. The number of amidine groups is 1. The fraction of sp³-hybridized carbons (Fsp3) is 0.167. The fourth-order valence-corrected chi connectivity index (χ4v) is 1.60. The van der Waals surface area contributed by atoms with Gasteiger partial charge in [-0.3, -0.25) is 5.41 Å². The number of alkyl halides is 2. The number of fused-ring (bicyclic) bond motifs is 1. The maximum absolute atomic E-state index is 12.1. The average molecular weight is 251 g/mol. The first-order valence-electron chi connectivity index (χ1n) is 5.23. The van der Waals surface area contributed by atoms with Crippen LogP contribution in [0.15, 0.2) is 30.3 Å². The van der Waals surface area contributed by atoms with Gasteiger partial charge >= 0.3 is 0 Å². The van der Waals surface area contributed by atoms with Crippen LogP contribution in [0.1, 0.15) is 5.56 Å². The summed E-state index contributed by atoms with van der Waals surface area (Å²) in [7, 11) is 0. The lowest BCUT2D eigenvalue weighted by Gasteiger charge is -2.09. The minimum Gasteiger partial charge on any atom is -0.472 e. The SMILES string of the molecule is N=C(N)c1cc(OCC(F)F)nc2ccccc12. The molecule has 6 heteroatoms. The van der Waals surface area contributed by atoms with Gasteiger partial charge in [-0.1, -0.05) is 18.2 Å². The van der Waals surface area contributed by atoms with Gasteiger partial charge in [0, 0.05) is 17.0 Å². The Labute approximate surface area is 102 Å². The number of aromatic nitrogens is 1. The van der Waals surface area contributed by atoms with Gasteiger partial charge < -0.3 is 10.5 Å². The van der Waals surface area contributed by atoms with E-state index in [-0.39, 0.29) is 11.7 Å². The maximum atomic E-state index is 12.1. The molecule has 0 amide bonds. The molecule has 1 heterocycles. The third kappa shape index (κ3) is 2.53. The molecule has 0 aliphatic rings. The summed E-state index contributed by atoms with van der Waals surface area (Å²) < 4.78 is 29.0. The van der Waals surface area contributed by atoms with E-state index in [0.717, 1.165) is 0 Å². The van der Waals surface area contributed by atoms with Crippen LogP contribution in [0.4, 0.5) is 8.78 Å². The maximum Gasteiger partial charge on any atom is 0.272 e. The molecule has 1 aromatic heterocycles. The molecule has 18 heavy (non-hydrogen) atoms. The van der Waals surface area contributed by atoms with Crippen LogP contribution in [-0.2, 0) is 0 Å². The number of para-hydroxylation sites is 1. The smallest absolute Gasteiger partial charge is 0.272 e. The molecule has 4 nitrogen and oxygen atoms in total. The number of hydrogen-bond donors (Lipinski definition) is 2. The normalized spacial score (nSPS) is 10.8. The van der Waals surface area contributed by atoms with Gasteiger partial charge in [-0.25, -0.2) is 13.8 Å². The third-order valence-corrected chi connectivity index (χ3v) is 2.34. The zero-order chi connectivity index (χ0) is 13.1. The number of ether oxygens (including phenoxy) is 1. The molecule has 0 unspecified atom stereocenters. The van der Waals surface area contributed by atoms with Crippen molar-refractivity contribution in [3.63, 3.8) is 0 Å². The standard InChI is InChI=1S/C12H11F2N3O/c13-10(14)6-18-11-5-8(12(15)16)7-3-1-2-4-9(7)17-11/h1-5,10H,6H2,(H3,15,16). The van der Waals surface area contributed by atoms with Crippen molar-refractivity contribution in [3.8, 4) is 5.88 Å². The van der Waals surface area contributed by atoms with E-state index in [9.17, 15) is 8.78 Å². The van der Waals surface area contributed by atoms with Crippen LogP contribution in [-0.4, -0.2) is 23.9 Å². The minimum atomic E-state index is -2.57. The number of nitrogens with zero attached hydrogens (tertiary/aromatic N) is 1. The summed E-state index contributed by atoms with van der Waals surface area (Å²) >= 11 is 0. The number of halogens is 2. The van der Waals surface area contributed by atoms with Crippen molar-refractivity contribution in [2.24, 2.45) is 5.73 Å². The Kier molecular flexibility index (Phi) is 3.36. The molecule has 0 saturated heterocycles. The zero-order valence-corrected chi connectivity index (χ0v) is 9.36. The van der Waals surface area contributed by atoms with Gasteiger partial charge in [-0.15, -0.1) is 0 Å². The molecular weight excluding hydrogens is 240 g/mol. The minimum absolute atomic E-state index is 0.0409. The zero-order valence-electron chi connectivity index (χ0n) is 9.36. The van der Waals surface area contributed by atoms with Crippen molar-refractivity contribution in [2.75, 3.05) is 6.61 Å². The highest BCUT2D eigenvalue weighted by Gasteiger charge is 2.10. The van der Waals surface area contributed by atoms with Gasteiger partial charge in [-0.2, -0.15) is 0 Å². The van der Waals surface area contributed by atoms with Crippen LogP contribution in [0, 0.1) is 5.41 Å². The summed E-state index contributed by atoms with van der Waals surface area (Å²) in [6, 6.07) is 8.41. The van der Waals surface area contributed by atoms with Gasteiger partial charge in [0.15, 0.2) is 6.61 Å². The number of nitrogens with one attached hydrogen (secondary N) is 1. The molecule has 2 rings (SSSR count). The summed E-state index contributed by atoms with van der Waals surface area (Å²) in [5.74, 6) is -0.116. The van der Waals surface area contributed by atoms with E-state index in [0.29, 0.717) is 16.5 Å². The van der Waals surface area contributed by atoms with Crippen LogP contribution in [0.25, 0.3) is 10.9 Å². The van der Waals surface area contributed by atoms with Crippen LogP contribution in [0.5, 0.6) is 5.88 Å². The summed E-state index contributed by atoms with van der Waals surface area (Å²) in [5.41, 5.74) is 6.43. The number of pyridine rings is 1. The molecule has 0 saturated carbocycles. The first-order chi connectivity index (χ1) is 8.58. The highest BCUT2D eigenvalue weighted by atomic mass is 19.3. The monoisotopic (exact) mass is 251 g/mol. The molecule has 3 N–H and O–H groups in total. The van der Waals surface area contributed by atoms with Gasteiger partial charge in [-0.05, 0) is 6.07 Å². The molecule has 0 fully saturated rings. The van der Waals surface area contributed by atoms with Gasteiger partial charge in [0.05, 0.1) is 5.52 Å². The second-order valence-electron chi connectivity index (χ2n) is 3.64. The lowest BCUT2D eigenvalue weighted by molar-refractivity contribution is 0.0797. The van der Waals surface area contributed by atoms with E-state index >= 15 is 0 Å². The van der Waals surface area contributed by atoms with Crippen LogP contribution < -0.4 is 10.5 Å². The summed E-state index contributed by atoms with van der Waals surface area (Å²) in [6.07, 6.45) is -2.57. The quantitative estimate of drug-likeness (QED) is 0.646. The van der Waals surface area contributed by atoms with E-state index in [2.05, 4.69) is 4.98 Å². The lowest BCUT2D eigenvalue weighted by atomic mass is 10.1. The number of benzene rings is 1. The highest BCUT2D eigenvalue weighted by molar-refractivity contribution is 6.06. The topological polar surface area (TPSA) is 72.0 Å². The third-order valence-electron chi connectivity index (χ3n) is 2.34. The predicted octanol–water partition coefficient (Wildman–Crippen LogP) is 2.16. The number of nitrogens with two attached hydrogens (primary N) is 1. The lowest BCUT2D eigenvalue weighted by Crippen LogP contribution is -2.13. The Morgan fingerprint density at radius 1 is 1.39 bits per heavy atom. The second-order valence-corrected chi connectivity index (χ2v) is 3.64. The Hall–Kier alpha value is -2.24. The molecule has 0 aliphatic carbocycles.